The van der Waals surface area contributed by atoms with Crippen molar-refractivity contribution in [3.8, 4) is 0 Å². The van der Waals surface area contributed by atoms with Crippen LogP contribution in [0.4, 0.5) is 0 Å². The molecule has 2 aromatic carbocycles. The minimum atomic E-state index is 0.350. The molecule has 0 N–H and O–H groups in total. The van der Waals surface area contributed by atoms with Crippen molar-refractivity contribution in [1.29, 1.82) is 0 Å². The highest BCUT2D eigenvalue weighted by Crippen LogP contribution is 2.34. The molecule has 4 rings (SSSR count). The Morgan fingerprint density at radius 2 is 1.54 bits per heavy atom. The third kappa shape index (κ3) is 3.13. The number of benzene rings is 2. The van der Waals surface area contributed by atoms with Gasteiger partial charge in [-0.05, 0) is 23.6 Å². The molecule has 0 bridgehead atoms. The van der Waals surface area contributed by atoms with Crippen molar-refractivity contribution in [2.45, 2.75) is 19.5 Å². The van der Waals surface area contributed by atoms with Crippen molar-refractivity contribution in [2.75, 3.05) is 13.1 Å². The van der Waals surface area contributed by atoms with Gasteiger partial charge in [0, 0.05) is 31.7 Å². The van der Waals surface area contributed by atoms with Crippen LogP contribution >= 0.6 is 0 Å². The third-order valence-corrected chi connectivity index (χ3v) is 4.79. The van der Waals surface area contributed by atoms with Crippen LogP contribution in [0.2, 0.25) is 0 Å². The molecule has 3 aromatic rings. The number of rotatable bonds is 5. The molecule has 0 unspecified atom stereocenters. The van der Waals surface area contributed by atoms with E-state index in [0.29, 0.717) is 12.0 Å². The maximum absolute atomic E-state index is 4.42. The highest BCUT2D eigenvalue weighted by atomic mass is 15.3. The zero-order valence-electron chi connectivity index (χ0n) is 14.0. The normalized spacial score (nSPS) is 15.6. The summed E-state index contributed by atoms with van der Waals surface area (Å²) in [6, 6.07) is 22.0. The Hall–Kier alpha value is -2.39. The summed E-state index contributed by atoms with van der Waals surface area (Å²) in [5, 5.41) is 4.42. The fraction of sp³-hybridized carbons (Fsp3) is 0.286. The summed E-state index contributed by atoms with van der Waals surface area (Å²) in [7, 11) is 0. The van der Waals surface area contributed by atoms with Crippen molar-refractivity contribution in [1.82, 2.24) is 14.7 Å². The lowest BCUT2D eigenvalue weighted by Crippen LogP contribution is -2.50. The summed E-state index contributed by atoms with van der Waals surface area (Å²) in [5.41, 5.74) is 3.98. The highest BCUT2D eigenvalue weighted by Gasteiger charge is 2.34. The average molecular weight is 317 g/mol. The summed E-state index contributed by atoms with van der Waals surface area (Å²) in [5.74, 6) is 0.680. The van der Waals surface area contributed by atoms with Crippen molar-refractivity contribution in [3.63, 3.8) is 0 Å². The molecule has 0 radical (unpaired) electrons. The zero-order valence-corrected chi connectivity index (χ0v) is 14.0. The van der Waals surface area contributed by atoms with Gasteiger partial charge in [0.15, 0.2) is 0 Å². The molecule has 0 aliphatic carbocycles. The van der Waals surface area contributed by atoms with Gasteiger partial charge in [-0.25, -0.2) is 0 Å². The van der Waals surface area contributed by atoms with Gasteiger partial charge in [-0.1, -0.05) is 60.7 Å². The summed E-state index contributed by atoms with van der Waals surface area (Å²) in [4.78, 5) is 2.58. The molecule has 122 valence electrons. The molecule has 0 spiro atoms. The van der Waals surface area contributed by atoms with E-state index in [1.165, 1.54) is 16.7 Å². The second-order valence-electron chi connectivity index (χ2n) is 6.78. The monoisotopic (exact) mass is 317 g/mol. The van der Waals surface area contributed by atoms with E-state index in [0.717, 1.165) is 19.6 Å². The van der Waals surface area contributed by atoms with Gasteiger partial charge >= 0.3 is 0 Å². The molecular formula is C21H23N3. The molecule has 1 aliphatic heterocycles. The van der Waals surface area contributed by atoms with Crippen LogP contribution in [0, 0.1) is 12.8 Å². The van der Waals surface area contributed by atoms with E-state index in [1.807, 2.05) is 6.20 Å². The average Bonchev–Trinajstić information content (AvgIpc) is 3.00. The van der Waals surface area contributed by atoms with Gasteiger partial charge in [0.05, 0.1) is 12.2 Å². The highest BCUT2D eigenvalue weighted by molar-refractivity contribution is 5.32. The van der Waals surface area contributed by atoms with Crippen LogP contribution in [0.3, 0.4) is 0 Å². The Labute approximate surface area is 143 Å². The number of aryl methyl sites for hydroxylation is 1. The van der Waals surface area contributed by atoms with Crippen LogP contribution in [0.25, 0.3) is 0 Å². The van der Waals surface area contributed by atoms with Crippen LogP contribution in [0.15, 0.2) is 73.1 Å². The summed E-state index contributed by atoms with van der Waals surface area (Å²) < 4.78 is 2.08. The number of aromatic nitrogens is 2. The van der Waals surface area contributed by atoms with Crippen molar-refractivity contribution in [3.05, 3.63) is 89.7 Å². The molecule has 1 aromatic heterocycles. The van der Waals surface area contributed by atoms with Crippen LogP contribution in [0.5, 0.6) is 0 Å². The van der Waals surface area contributed by atoms with Gasteiger partial charge in [-0.3, -0.25) is 9.58 Å². The first-order chi connectivity index (χ1) is 11.8. The third-order valence-electron chi connectivity index (χ3n) is 4.79. The Kier molecular flexibility index (Phi) is 4.18. The largest absolute Gasteiger partial charge is 0.292 e. The topological polar surface area (TPSA) is 21.1 Å². The van der Waals surface area contributed by atoms with E-state index in [4.69, 9.17) is 0 Å². The van der Waals surface area contributed by atoms with Crippen molar-refractivity contribution >= 4 is 0 Å². The molecule has 0 saturated carbocycles. The van der Waals surface area contributed by atoms with Gasteiger partial charge in [-0.2, -0.15) is 5.10 Å². The summed E-state index contributed by atoms with van der Waals surface area (Å²) >= 11 is 0. The lowest BCUT2D eigenvalue weighted by Gasteiger charge is -2.44. The predicted octanol–water partition coefficient (Wildman–Crippen LogP) is 3.91. The van der Waals surface area contributed by atoms with Gasteiger partial charge in [0.2, 0.25) is 0 Å². The molecular weight excluding hydrogens is 294 g/mol. The zero-order chi connectivity index (χ0) is 16.4. The van der Waals surface area contributed by atoms with Crippen LogP contribution < -0.4 is 0 Å². The van der Waals surface area contributed by atoms with E-state index in [1.54, 1.807) is 0 Å². The molecule has 2 heterocycles. The van der Waals surface area contributed by atoms with E-state index in [9.17, 15) is 0 Å². The smallest absolute Gasteiger partial charge is 0.0602 e. The molecule has 0 atom stereocenters. The van der Waals surface area contributed by atoms with Crippen LogP contribution in [-0.2, 0) is 6.54 Å². The standard InChI is InChI=1S/C21H23N3/c1-17-12-22-24(13-17)16-18-14-23(15-18)21(19-8-4-2-5-9-19)20-10-6-3-7-11-20/h2-13,18,21H,14-16H2,1H3. The van der Waals surface area contributed by atoms with Crippen LogP contribution in [-0.4, -0.2) is 27.8 Å². The van der Waals surface area contributed by atoms with Gasteiger partial charge < -0.3 is 0 Å². The van der Waals surface area contributed by atoms with Crippen molar-refractivity contribution in [2.24, 2.45) is 5.92 Å². The molecule has 1 fully saturated rings. The first-order valence-corrected chi connectivity index (χ1v) is 8.62. The summed E-state index contributed by atoms with van der Waals surface area (Å²) in [6.07, 6.45) is 4.07. The Bertz CT molecular complexity index is 734. The molecule has 24 heavy (non-hydrogen) atoms. The van der Waals surface area contributed by atoms with Gasteiger partial charge in [-0.15, -0.1) is 0 Å². The first kappa shape index (κ1) is 15.2. The lowest BCUT2D eigenvalue weighted by atomic mass is 9.90. The lowest BCUT2D eigenvalue weighted by molar-refractivity contribution is 0.0560. The molecule has 1 saturated heterocycles. The van der Waals surface area contributed by atoms with Crippen LogP contribution in [0.1, 0.15) is 22.7 Å². The second kappa shape index (κ2) is 6.62. The van der Waals surface area contributed by atoms with E-state index >= 15 is 0 Å². The Morgan fingerprint density at radius 3 is 2.04 bits per heavy atom. The fourth-order valence-corrected chi connectivity index (χ4v) is 3.65. The number of likely N-dealkylation sites (tertiary alicyclic amines) is 1. The minimum absolute atomic E-state index is 0.350. The quantitative estimate of drug-likeness (QED) is 0.711. The second-order valence-corrected chi connectivity index (χ2v) is 6.78. The fourth-order valence-electron chi connectivity index (χ4n) is 3.65. The van der Waals surface area contributed by atoms with E-state index in [2.05, 4.69) is 88.5 Å². The maximum atomic E-state index is 4.42. The Balaban J connectivity index is 1.49. The SMILES string of the molecule is Cc1cnn(CC2CN(C(c3ccccc3)c3ccccc3)C2)c1. The van der Waals surface area contributed by atoms with E-state index in [-0.39, 0.29) is 0 Å². The van der Waals surface area contributed by atoms with Gasteiger partial charge in [0.25, 0.3) is 0 Å². The summed E-state index contributed by atoms with van der Waals surface area (Å²) in [6.45, 7) is 5.35. The Morgan fingerprint density at radius 1 is 0.958 bits per heavy atom. The number of hydrogen-bond donors (Lipinski definition) is 0. The predicted molar refractivity (Wildman–Crippen MR) is 96.8 cm³/mol. The molecule has 3 nitrogen and oxygen atoms in total. The maximum Gasteiger partial charge on any atom is 0.0602 e. The van der Waals surface area contributed by atoms with Gasteiger partial charge in [0.1, 0.15) is 0 Å². The molecule has 0 amide bonds. The number of hydrogen-bond acceptors (Lipinski definition) is 2. The van der Waals surface area contributed by atoms with E-state index < -0.39 is 0 Å². The first-order valence-electron chi connectivity index (χ1n) is 8.62. The molecule has 3 heteroatoms. The molecule has 1 aliphatic rings. The minimum Gasteiger partial charge on any atom is -0.292 e. The van der Waals surface area contributed by atoms with Crippen molar-refractivity contribution < 1.29 is 0 Å². The number of nitrogens with zero attached hydrogens (tertiary/aromatic N) is 3.